The van der Waals surface area contributed by atoms with E-state index in [4.69, 9.17) is 5.11 Å². The van der Waals surface area contributed by atoms with Crippen molar-refractivity contribution in [2.75, 3.05) is 0 Å². The molecule has 2 rings (SSSR count). The summed E-state index contributed by atoms with van der Waals surface area (Å²) in [7, 11) is 0. The Morgan fingerprint density at radius 3 is 2.81 bits per heavy atom. The van der Waals surface area contributed by atoms with Crippen molar-refractivity contribution >= 4 is 23.6 Å². The Bertz CT molecular complexity index is 556. The Balaban J connectivity index is 2.45. The average Bonchev–Trinajstić information content (AvgIpc) is 2.83. The lowest BCUT2D eigenvalue weighted by molar-refractivity contribution is 0.0702. The summed E-state index contributed by atoms with van der Waals surface area (Å²) in [6.45, 7) is 1.81. The number of carboxylic acid groups (broad SMARTS) is 1. The molecule has 0 unspecified atom stereocenters. The van der Waals surface area contributed by atoms with E-state index in [1.54, 1.807) is 23.7 Å². The van der Waals surface area contributed by atoms with Crippen LogP contribution in [0.5, 0.6) is 0 Å². The fourth-order valence-corrected chi connectivity index (χ4v) is 2.19. The molecule has 0 aromatic carbocycles. The van der Waals surface area contributed by atoms with Gasteiger partial charge in [-0.05, 0) is 25.1 Å². The van der Waals surface area contributed by atoms with E-state index in [1.165, 1.54) is 6.07 Å². The molecular weight excluding hydrogens is 228 g/mol. The minimum absolute atomic E-state index is 0.248. The number of rotatable bonds is 3. The van der Waals surface area contributed by atoms with Gasteiger partial charge in [0.1, 0.15) is 15.6 Å². The highest BCUT2D eigenvalue weighted by Gasteiger charge is 2.11. The molecule has 16 heavy (non-hydrogen) atoms. The highest BCUT2D eigenvalue weighted by molar-refractivity contribution is 7.16. The van der Waals surface area contributed by atoms with Gasteiger partial charge in [-0.2, -0.15) is 5.10 Å². The molecule has 1 N–H and O–H groups in total. The second-order valence-corrected chi connectivity index (χ2v) is 4.25. The fraction of sp³-hybridized carbons (Fsp3) is 0.100. The van der Waals surface area contributed by atoms with Crippen molar-refractivity contribution in [3.8, 4) is 5.00 Å². The second kappa shape index (κ2) is 3.90. The average molecular weight is 236 g/mol. The van der Waals surface area contributed by atoms with Crippen LogP contribution in [0.3, 0.4) is 0 Å². The number of hydrogen-bond donors (Lipinski definition) is 1. The van der Waals surface area contributed by atoms with Gasteiger partial charge in [-0.15, -0.1) is 11.3 Å². The normalized spacial score (nSPS) is 10.3. The molecule has 0 radical (unpaired) electrons. The topological polar surface area (TPSA) is 72.2 Å². The first-order valence-corrected chi connectivity index (χ1v) is 5.29. The first-order valence-electron chi connectivity index (χ1n) is 4.47. The number of aldehydes is 1. The third kappa shape index (κ3) is 1.74. The first kappa shape index (κ1) is 10.6. The molecule has 0 fully saturated rings. The molecule has 0 atom stereocenters. The third-order valence-electron chi connectivity index (χ3n) is 2.04. The van der Waals surface area contributed by atoms with E-state index in [-0.39, 0.29) is 4.88 Å². The Kier molecular flexibility index (Phi) is 2.57. The van der Waals surface area contributed by atoms with E-state index in [9.17, 15) is 9.59 Å². The molecule has 0 saturated heterocycles. The Labute approximate surface area is 94.9 Å². The molecule has 5 nitrogen and oxygen atoms in total. The van der Waals surface area contributed by atoms with E-state index in [0.29, 0.717) is 17.0 Å². The molecule has 0 bridgehead atoms. The standard InChI is InChI=1S/C10H8N2O3S/c1-6-4-7(5-13)11-12(6)9-3-2-8(16-9)10(14)15/h2-5H,1H3,(H,14,15). The van der Waals surface area contributed by atoms with E-state index >= 15 is 0 Å². The fourth-order valence-electron chi connectivity index (χ4n) is 1.34. The predicted octanol–water partition coefficient (Wildman–Crippen LogP) is 1.75. The Morgan fingerprint density at radius 2 is 2.31 bits per heavy atom. The minimum Gasteiger partial charge on any atom is -0.477 e. The van der Waals surface area contributed by atoms with Gasteiger partial charge in [0.15, 0.2) is 6.29 Å². The summed E-state index contributed by atoms with van der Waals surface area (Å²) >= 11 is 1.12. The predicted molar refractivity (Wildman–Crippen MR) is 58.5 cm³/mol. The number of aromatic nitrogens is 2. The van der Waals surface area contributed by atoms with Gasteiger partial charge in [0.25, 0.3) is 0 Å². The van der Waals surface area contributed by atoms with Gasteiger partial charge in [-0.1, -0.05) is 0 Å². The number of carbonyl (C=O) groups is 2. The summed E-state index contributed by atoms with van der Waals surface area (Å²) in [4.78, 5) is 21.5. The molecule has 0 aliphatic rings. The number of carboxylic acids is 1. The number of carbonyl (C=O) groups excluding carboxylic acids is 1. The van der Waals surface area contributed by atoms with Crippen LogP contribution in [0.4, 0.5) is 0 Å². The third-order valence-corrected chi connectivity index (χ3v) is 3.09. The smallest absolute Gasteiger partial charge is 0.345 e. The Hall–Kier alpha value is -1.95. The van der Waals surface area contributed by atoms with Crippen LogP contribution >= 0.6 is 11.3 Å². The second-order valence-electron chi connectivity index (χ2n) is 3.18. The van der Waals surface area contributed by atoms with E-state index in [2.05, 4.69) is 5.10 Å². The molecule has 2 heterocycles. The lowest BCUT2D eigenvalue weighted by Crippen LogP contribution is -1.96. The van der Waals surface area contributed by atoms with Crippen molar-refractivity contribution in [1.29, 1.82) is 0 Å². The van der Waals surface area contributed by atoms with Gasteiger partial charge in [-0.3, -0.25) is 4.79 Å². The number of aryl methyl sites for hydroxylation is 1. The zero-order valence-corrected chi connectivity index (χ0v) is 9.19. The van der Waals surface area contributed by atoms with Crippen molar-refractivity contribution < 1.29 is 14.7 Å². The molecule has 0 spiro atoms. The SMILES string of the molecule is Cc1cc(C=O)nn1-c1ccc(C(=O)O)s1. The minimum atomic E-state index is -0.961. The molecule has 6 heteroatoms. The molecule has 2 aromatic heterocycles. The first-order chi connectivity index (χ1) is 7.61. The van der Waals surface area contributed by atoms with Crippen molar-refractivity contribution in [3.63, 3.8) is 0 Å². The van der Waals surface area contributed by atoms with Crippen LogP contribution in [0.25, 0.3) is 5.00 Å². The summed E-state index contributed by atoms with van der Waals surface area (Å²) < 4.78 is 1.56. The summed E-state index contributed by atoms with van der Waals surface area (Å²) in [6.07, 6.45) is 0.662. The maximum atomic E-state index is 10.7. The summed E-state index contributed by atoms with van der Waals surface area (Å²) in [6, 6.07) is 4.83. The van der Waals surface area contributed by atoms with Gasteiger partial charge < -0.3 is 5.11 Å². The van der Waals surface area contributed by atoms with Crippen LogP contribution in [0.2, 0.25) is 0 Å². The van der Waals surface area contributed by atoms with E-state index < -0.39 is 5.97 Å². The lowest BCUT2D eigenvalue weighted by Gasteiger charge is -1.98. The lowest BCUT2D eigenvalue weighted by atomic mass is 10.4. The highest BCUT2D eigenvalue weighted by atomic mass is 32.1. The van der Waals surface area contributed by atoms with Crippen molar-refractivity contribution in [2.24, 2.45) is 0 Å². The van der Waals surface area contributed by atoms with Crippen LogP contribution in [-0.2, 0) is 0 Å². The maximum Gasteiger partial charge on any atom is 0.345 e. The van der Waals surface area contributed by atoms with Gasteiger partial charge in [0.05, 0.1) is 0 Å². The van der Waals surface area contributed by atoms with Crippen LogP contribution in [0.15, 0.2) is 18.2 Å². The van der Waals surface area contributed by atoms with Crippen LogP contribution < -0.4 is 0 Å². The molecule has 0 aliphatic carbocycles. The maximum absolute atomic E-state index is 10.7. The van der Waals surface area contributed by atoms with Gasteiger partial charge in [-0.25, -0.2) is 9.48 Å². The summed E-state index contributed by atoms with van der Waals surface area (Å²) in [5, 5.41) is 13.5. The van der Waals surface area contributed by atoms with Crippen LogP contribution in [-0.4, -0.2) is 27.1 Å². The Morgan fingerprint density at radius 1 is 1.56 bits per heavy atom. The molecule has 82 valence electrons. The number of thiophene rings is 1. The molecular formula is C10H8N2O3S. The largest absolute Gasteiger partial charge is 0.477 e. The van der Waals surface area contributed by atoms with E-state index in [1.807, 2.05) is 0 Å². The van der Waals surface area contributed by atoms with Crippen molar-refractivity contribution in [3.05, 3.63) is 34.5 Å². The molecule has 2 aromatic rings. The summed E-state index contributed by atoms with van der Waals surface area (Å²) in [5.41, 5.74) is 1.13. The number of aromatic carboxylic acids is 1. The van der Waals surface area contributed by atoms with Gasteiger partial charge >= 0.3 is 5.97 Å². The van der Waals surface area contributed by atoms with Gasteiger partial charge in [0, 0.05) is 5.69 Å². The monoisotopic (exact) mass is 236 g/mol. The van der Waals surface area contributed by atoms with Gasteiger partial charge in [0.2, 0.25) is 0 Å². The molecule has 0 saturated carbocycles. The van der Waals surface area contributed by atoms with E-state index in [0.717, 1.165) is 17.0 Å². The quantitative estimate of drug-likeness (QED) is 0.824. The zero-order valence-electron chi connectivity index (χ0n) is 8.38. The zero-order chi connectivity index (χ0) is 11.7. The number of nitrogens with zero attached hydrogens (tertiary/aromatic N) is 2. The van der Waals surface area contributed by atoms with Crippen LogP contribution in [0.1, 0.15) is 25.9 Å². The van der Waals surface area contributed by atoms with Crippen molar-refractivity contribution in [2.45, 2.75) is 6.92 Å². The number of hydrogen-bond acceptors (Lipinski definition) is 4. The summed E-state index contributed by atoms with van der Waals surface area (Å²) in [5.74, 6) is -0.961. The molecule has 0 aliphatic heterocycles. The highest BCUT2D eigenvalue weighted by Crippen LogP contribution is 2.21. The molecule has 0 amide bonds. The van der Waals surface area contributed by atoms with Crippen molar-refractivity contribution in [1.82, 2.24) is 9.78 Å². The van der Waals surface area contributed by atoms with Crippen LogP contribution in [0, 0.1) is 6.92 Å².